The molecule has 1 aromatic carbocycles. The summed E-state index contributed by atoms with van der Waals surface area (Å²) >= 11 is 0. The molecule has 1 unspecified atom stereocenters. The minimum Gasteiger partial charge on any atom is -0.495 e. The predicted octanol–water partition coefficient (Wildman–Crippen LogP) is 3.19. The van der Waals surface area contributed by atoms with Crippen molar-refractivity contribution in [1.82, 2.24) is 4.90 Å². The minimum absolute atomic E-state index is 0.607. The zero-order valence-electron chi connectivity index (χ0n) is 11.9. The van der Waals surface area contributed by atoms with Crippen molar-refractivity contribution in [3.05, 3.63) is 29.3 Å². The maximum atomic E-state index is 8.99. The molecule has 19 heavy (non-hydrogen) atoms. The van der Waals surface area contributed by atoms with Crippen LogP contribution in [0.1, 0.15) is 37.3 Å². The number of ether oxygens (including phenoxy) is 1. The summed E-state index contributed by atoms with van der Waals surface area (Å²) in [5, 5.41) is 8.99. The smallest absolute Gasteiger partial charge is 0.136 e. The SMILES string of the molecule is COc1cc(CN2CCCC(C)CC2)ccc1C#N. The number of hydrogen-bond acceptors (Lipinski definition) is 3. The van der Waals surface area contributed by atoms with Gasteiger partial charge in [0.2, 0.25) is 0 Å². The first-order valence-corrected chi connectivity index (χ1v) is 7.02. The Morgan fingerprint density at radius 2 is 2.21 bits per heavy atom. The van der Waals surface area contributed by atoms with Crippen LogP contribution < -0.4 is 4.74 Å². The van der Waals surface area contributed by atoms with Crippen molar-refractivity contribution < 1.29 is 4.74 Å². The largest absolute Gasteiger partial charge is 0.495 e. The first kappa shape index (κ1) is 13.9. The maximum Gasteiger partial charge on any atom is 0.136 e. The Balaban J connectivity index is 2.04. The number of benzene rings is 1. The summed E-state index contributed by atoms with van der Waals surface area (Å²) in [6.07, 6.45) is 3.91. The van der Waals surface area contributed by atoms with Gasteiger partial charge < -0.3 is 4.74 Å². The van der Waals surface area contributed by atoms with E-state index in [-0.39, 0.29) is 0 Å². The van der Waals surface area contributed by atoms with Crippen LogP contribution in [0.3, 0.4) is 0 Å². The van der Waals surface area contributed by atoms with E-state index in [4.69, 9.17) is 10.00 Å². The van der Waals surface area contributed by atoms with Gasteiger partial charge in [-0.25, -0.2) is 0 Å². The molecule has 0 radical (unpaired) electrons. The lowest BCUT2D eigenvalue weighted by Crippen LogP contribution is -2.24. The molecule has 1 aliphatic heterocycles. The maximum absolute atomic E-state index is 8.99. The number of hydrogen-bond donors (Lipinski definition) is 0. The van der Waals surface area contributed by atoms with Crippen LogP contribution >= 0.6 is 0 Å². The number of nitriles is 1. The van der Waals surface area contributed by atoms with Crippen molar-refractivity contribution in [2.24, 2.45) is 5.92 Å². The van der Waals surface area contributed by atoms with E-state index in [1.807, 2.05) is 18.2 Å². The lowest BCUT2D eigenvalue weighted by atomic mass is 10.0. The van der Waals surface area contributed by atoms with Crippen LogP contribution in [0, 0.1) is 17.2 Å². The second kappa shape index (κ2) is 6.58. The molecule has 0 amide bonds. The summed E-state index contributed by atoms with van der Waals surface area (Å²) in [6, 6.07) is 8.04. The molecule has 1 aliphatic rings. The van der Waals surface area contributed by atoms with Crippen LogP contribution in [0.25, 0.3) is 0 Å². The molecule has 2 rings (SSSR count). The monoisotopic (exact) mass is 258 g/mol. The highest BCUT2D eigenvalue weighted by molar-refractivity contribution is 5.45. The first-order valence-electron chi connectivity index (χ1n) is 7.02. The summed E-state index contributed by atoms with van der Waals surface area (Å²) in [4.78, 5) is 2.50. The lowest BCUT2D eigenvalue weighted by Gasteiger charge is -2.20. The molecule has 0 N–H and O–H groups in total. The fourth-order valence-electron chi connectivity index (χ4n) is 2.67. The van der Waals surface area contributed by atoms with E-state index in [0.29, 0.717) is 11.3 Å². The molecular weight excluding hydrogens is 236 g/mol. The summed E-state index contributed by atoms with van der Waals surface area (Å²) in [6.45, 7) is 5.64. The highest BCUT2D eigenvalue weighted by Crippen LogP contribution is 2.22. The Morgan fingerprint density at radius 1 is 1.37 bits per heavy atom. The molecule has 3 heteroatoms. The molecule has 3 nitrogen and oxygen atoms in total. The van der Waals surface area contributed by atoms with Gasteiger partial charge in [0.05, 0.1) is 12.7 Å². The van der Waals surface area contributed by atoms with E-state index in [0.717, 1.165) is 12.5 Å². The van der Waals surface area contributed by atoms with E-state index < -0.39 is 0 Å². The van der Waals surface area contributed by atoms with Gasteiger partial charge in [0.15, 0.2) is 0 Å². The van der Waals surface area contributed by atoms with Crippen LogP contribution in [-0.2, 0) is 6.54 Å². The third-order valence-electron chi connectivity index (χ3n) is 3.90. The lowest BCUT2D eigenvalue weighted by molar-refractivity contribution is 0.273. The van der Waals surface area contributed by atoms with Gasteiger partial charge in [-0.3, -0.25) is 4.90 Å². The van der Waals surface area contributed by atoms with Crippen LogP contribution in [0.5, 0.6) is 5.75 Å². The Bertz CT molecular complexity index is 464. The molecule has 0 spiro atoms. The van der Waals surface area contributed by atoms with Gasteiger partial charge in [-0.15, -0.1) is 0 Å². The Hall–Kier alpha value is -1.53. The molecule has 1 heterocycles. The van der Waals surface area contributed by atoms with Gasteiger partial charge in [-0.1, -0.05) is 13.0 Å². The van der Waals surface area contributed by atoms with E-state index in [9.17, 15) is 0 Å². The second-order valence-corrected chi connectivity index (χ2v) is 5.46. The normalized spacial score (nSPS) is 20.6. The van der Waals surface area contributed by atoms with Crippen molar-refractivity contribution in [1.29, 1.82) is 5.26 Å². The van der Waals surface area contributed by atoms with Crippen LogP contribution in [0.2, 0.25) is 0 Å². The van der Waals surface area contributed by atoms with Crippen molar-refractivity contribution in [2.75, 3.05) is 20.2 Å². The van der Waals surface area contributed by atoms with Gasteiger partial charge in [0, 0.05) is 6.54 Å². The van der Waals surface area contributed by atoms with Gasteiger partial charge in [-0.2, -0.15) is 5.26 Å². The molecule has 0 aliphatic carbocycles. The number of likely N-dealkylation sites (tertiary alicyclic amines) is 1. The minimum atomic E-state index is 0.607. The molecule has 1 fully saturated rings. The van der Waals surface area contributed by atoms with Crippen molar-refractivity contribution in [3.63, 3.8) is 0 Å². The van der Waals surface area contributed by atoms with E-state index in [1.165, 1.54) is 37.9 Å². The Kier molecular flexibility index (Phi) is 4.81. The average Bonchev–Trinajstić information content (AvgIpc) is 2.63. The predicted molar refractivity (Wildman–Crippen MR) is 76.0 cm³/mol. The summed E-state index contributed by atoms with van der Waals surface area (Å²) < 4.78 is 5.27. The third kappa shape index (κ3) is 3.71. The zero-order valence-corrected chi connectivity index (χ0v) is 11.9. The quantitative estimate of drug-likeness (QED) is 0.835. The van der Waals surface area contributed by atoms with E-state index in [1.54, 1.807) is 7.11 Å². The topological polar surface area (TPSA) is 36.3 Å². The van der Waals surface area contributed by atoms with Gasteiger partial charge in [0.1, 0.15) is 11.8 Å². The summed E-state index contributed by atoms with van der Waals surface area (Å²) in [7, 11) is 1.62. The van der Waals surface area contributed by atoms with Gasteiger partial charge >= 0.3 is 0 Å². The highest BCUT2D eigenvalue weighted by Gasteiger charge is 2.14. The number of nitrogens with zero attached hydrogens (tertiary/aromatic N) is 2. The first-order chi connectivity index (χ1) is 9.22. The highest BCUT2D eigenvalue weighted by atomic mass is 16.5. The molecule has 1 atom stereocenters. The van der Waals surface area contributed by atoms with Gasteiger partial charge in [0.25, 0.3) is 0 Å². The van der Waals surface area contributed by atoms with Crippen molar-refractivity contribution >= 4 is 0 Å². The van der Waals surface area contributed by atoms with Crippen LogP contribution in [-0.4, -0.2) is 25.1 Å². The third-order valence-corrected chi connectivity index (χ3v) is 3.90. The van der Waals surface area contributed by atoms with E-state index in [2.05, 4.69) is 17.9 Å². The number of methoxy groups -OCH3 is 1. The molecule has 102 valence electrons. The fraction of sp³-hybridized carbons (Fsp3) is 0.562. The standard InChI is InChI=1S/C16H22N2O/c1-13-4-3-8-18(9-7-13)12-14-5-6-15(11-17)16(10-14)19-2/h5-6,10,13H,3-4,7-9,12H2,1-2H3. The average molecular weight is 258 g/mol. The number of rotatable bonds is 3. The fourth-order valence-corrected chi connectivity index (χ4v) is 2.67. The summed E-state index contributed by atoms with van der Waals surface area (Å²) in [5.41, 5.74) is 1.83. The molecule has 0 aromatic heterocycles. The van der Waals surface area contributed by atoms with E-state index >= 15 is 0 Å². The Labute approximate surface area is 115 Å². The van der Waals surface area contributed by atoms with Crippen LogP contribution in [0.15, 0.2) is 18.2 Å². The van der Waals surface area contributed by atoms with Crippen molar-refractivity contribution in [3.8, 4) is 11.8 Å². The van der Waals surface area contributed by atoms with Crippen molar-refractivity contribution in [2.45, 2.75) is 32.7 Å². The summed E-state index contributed by atoms with van der Waals surface area (Å²) in [5.74, 6) is 1.53. The molecular formula is C16H22N2O. The Morgan fingerprint density at radius 3 is 2.95 bits per heavy atom. The van der Waals surface area contributed by atoms with Crippen LogP contribution in [0.4, 0.5) is 0 Å². The van der Waals surface area contributed by atoms with Gasteiger partial charge in [-0.05, 0) is 56.0 Å². The molecule has 0 bridgehead atoms. The molecule has 1 aromatic rings. The zero-order chi connectivity index (χ0) is 13.7. The second-order valence-electron chi connectivity index (χ2n) is 5.46. The molecule has 1 saturated heterocycles. The molecule has 0 saturated carbocycles.